The minimum absolute atomic E-state index is 0.126. The molecule has 0 aliphatic heterocycles. The number of rotatable bonds is 6. The van der Waals surface area contributed by atoms with Crippen LogP contribution in [0.4, 0.5) is 5.69 Å². The van der Waals surface area contributed by atoms with Gasteiger partial charge in [0, 0.05) is 24.7 Å². The van der Waals surface area contributed by atoms with Crippen LogP contribution in [-0.4, -0.2) is 47.7 Å². The first kappa shape index (κ1) is 26.4. The van der Waals surface area contributed by atoms with Crippen molar-refractivity contribution in [1.29, 1.82) is 0 Å². The molecule has 2 heterocycles. The summed E-state index contributed by atoms with van der Waals surface area (Å²) in [6.45, 7) is 8.57. The maximum Gasteiger partial charge on any atom is 0.279 e. The number of thiophene rings is 1. The number of carbonyl (C=O) groups is 1. The molecule has 0 saturated carbocycles. The van der Waals surface area contributed by atoms with E-state index in [4.69, 9.17) is 0 Å². The molecule has 1 aliphatic carbocycles. The molecule has 4 rings (SSSR count). The molecule has 36 heavy (non-hydrogen) atoms. The molecule has 2 unspecified atom stereocenters. The molecule has 1 amide bonds. The highest BCUT2D eigenvalue weighted by Crippen LogP contribution is 2.42. The minimum atomic E-state index is -3.57. The van der Waals surface area contributed by atoms with Crippen molar-refractivity contribution in [3.63, 3.8) is 0 Å². The number of sulfonamides is 1. The molecule has 1 aliphatic rings. The standard InChI is InChI=1S/C25H33N5O4S2/c1-7-19(22(31)26-16-9-11-17(12-10-16)36(33,34)29(5)6)30-24(32)21-18-13-8-15(25(2,3)4)14-20(18)35-23(21)27-28-30/h9-12,15,19H,7-8,13-14H2,1-6H3,(H,26,31). The Morgan fingerprint density at radius 2 is 1.92 bits per heavy atom. The summed E-state index contributed by atoms with van der Waals surface area (Å²) in [6, 6.07) is 5.08. The summed E-state index contributed by atoms with van der Waals surface area (Å²) in [7, 11) is -0.652. The van der Waals surface area contributed by atoms with Gasteiger partial charge in [-0.25, -0.2) is 12.7 Å². The van der Waals surface area contributed by atoms with Crippen LogP contribution in [-0.2, 0) is 27.7 Å². The zero-order valence-corrected chi connectivity index (χ0v) is 23.2. The van der Waals surface area contributed by atoms with Crippen molar-refractivity contribution in [1.82, 2.24) is 19.3 Å². The van der Waals surface area contributed by atoms with Crippen molar-refractivity contribution in [3.05, 3.63) is 45.1 Å². The summed E-state index contributed by atoms with van der Waals surface area (Å²) in [5, 5.41) is 11.8. The predicted molar refractivity (Wildman–Crippen MR) is 142 cm³/mol. The Morgan fingerprint density at radius 1 is 1.25 bits per heavy atom. The van der Waals surface area contributed by atoms with Gasteiger partial charge in [0.2, 0.25) is 15.9 Å². The Morgan fingerprint density at radius 3 is 2.50 bits per heavy atom. The van der Waals surface area contributed by atoms with Crippen LogP contribution in [0.2, 0.25) is 0 Å². The molecule has 0 fully saturated rings. The summed E-state index contributed by atoms with van der Waals surface area (Å²) >= 11 is 1.54. The summed E-state index contributed by atoms with van der Waals surface area (Å²) in [6.07, 6.45) is 3.11. The molecule has 11 heteroatoms. The molecule has 9 nitrogen and oxygen atoms in total. The second-order valence-electron chi connectivity index (χ2n) is 10.6. The lowest BCUT2D eigenvalue weighted by Crippen LogP contribution is -2.35. The van der Waals surface area contributed by atoms with Crippen LogP contribution in [0.1, 0.15) is 57.0 Å². The predicted octanol–water partition coefficient (Wildman–Crippen LogP) is 3.84. The van der Waals surface area contributed by atoms with Gasteiger partial charge in [-0.2, -0.15) is 4.68 Å². The first-order chi connectivity index (χ1) is 16.8. The fourth-order valence-electron chi connectivity index (χ4n) is 4.67. The third kappa shape index (κ3) is 4.83. The van der Waals surface area contributed by atoms with Gasteiger partial charge in [-0.15, -0.1) is 16.4 Å². The fraction of sp³-hybridized carbons (Fsp3) is 0.520. The first-order valence-electron chi connectivity index (χ1n) is 12.1. The lowest BCUT2D eigenvalue weighted by atomic mass is 9.72. The van der Waals surface area contributed by atoms with Crippen molar-refractivity contribution < 1.29 is 13.2 Å². The van der Waals surface area contributed by atoms with Crippen molar-refractivity contribution >= 4 is 43.2 Å². The van der Waals surface area contributed by atoms with Gasteiger partial charge in [0.05, 0.1) is 10.3 Å². The van der Waals surface area contributed by atoms with Crippen molar-refractivity contribution in [2.75, 3.05) is 19.4 Å². The van der Waals surface area contributed by atoms with Crippen molar-refractivity contribution in [2.24, 2.45) is 11.3 Å². The quantitative estimate of drug-likeness (QED) is 0.517. The van der Waals surface area contributed by atoms with Gasteiger partial charge < -0.3 is 5.32 Å². The zero-order valence-electron chi connectivity index (χ0n) is 21.5. The average molecular weight is 532 g/mol. The molecule has 1 aromatic carbocycles. The molecule has 1 N–H and O–H groups in total. The van der Waals surface area contributed by atoms with Crippen LogP contribution in [0.3, 0.4) is 0 Å². The highest BCUT2D eigenvalue weighted by molar-refractivity contribution is 7.89. The Hall–Kier alpha value is -2.63. The Kier molecular flexibility index (Phi) is 7.11. The molecule has 0 bridgehead atoms. The van der Waals surface area contributed by atoms with E-state index in [2.05, 4.69) is 36.4 Å². The summed E-state index contributed by atoms with van der Waals surface area (Å²) in [4.78, 5) is 28.6. The van der Waals surface area contributed by atoms with Gasteiger partial charge >= 0.3 is 0 Å². The second kappa shape index (κ2) is 9.68. The maximum atomic E-state index is 13.5. The topological polar surface area (TPSA) is 114 Å². The van der Waals surface area contributed by atoms with E-state index < -0.39 is 22.0 Å². The molecule has 0 saturated heterocycles. The Bertz CT molecular complexity index is 1450. The number of anilines is 1. The van der Waals surface area contributed by atoms with E-state index in [0.29, 0.717) is 28.2 Å². The monoisotopic (exact) mass is 531 g/mol. The summed E-state index contributed by atoms with van der Waals surface area (Å²) < 4.78 is 26.9. The van der Waals surface area contributed by atoms with Crippen molar-refractivity contribution in [2.45, 2.75) is 64.3 Å². The smallest absolute Gasteiger partial charge is 0.279 e. The molecule has 2 aromatic heterocycles. The molecule has 0 spiro atoms. The highest BCUT2D eigenvalue weighted by Gasteiger charge is 2.33. The Balaban J connectivity index is 1.61. The normalized spacial score (nSPS) is 17.2. The molecule has 3 aromatic rings. The third-order valence-electron chi connectivity index (χ3n) is 7.01. The fourth-order valence-corrected chi connectivity index (χ4v) is 6.80. The minimum Gasteiger partial charge on any atom is -0.324 e. The van der Waals surface area contributed by atoms with E-state index in [9.17, 15) is 18.0 Å². The number of aromatic nitrogens is 3. The number of nitrogens with zero attached hydrogens (tertiary/aromatic N) is 4. The summed E-state index contributed by atoms with van der Waals surface area (Å²) in [5.74, 6) is 0.134. The van der Waals surface area contributed by atoms with E-state index in [-0.39, 0.29) is 15.9 Å². The van der Waals surface area contributed by atoms with Gasteiger partial charge in [0.1, 0.15) is 6.04 Å². The van der Waals surface area contributed by atoms with Crippen LogP contribution in [0, 0.1) is 11.3 Å². The van der Waals surface area contributed by atoms with Gasteiger partial charge in [-0.05, 0) is 66.8 Å². The maximum absolute atomic E-state index is 13.5. The number of aryl methyl sites for hydroxylation is 1. The highest BCUT2D eigenvalue weighted by atomic mass is 32.2. The van der Waals surface area contributed by atoms with Crippen molar-refractivity contribution in [3.8, 4) is 0 Å². The number of nitrogens with one attached hydrogen (secondary N) is 1. The van der Waals surface area contributed by atoms with Gasteiger partial charge in [-0.3, -0.25) is 9.59 Å². The van der Waals surface area contributed by atoms with Crippen LogP contribution < -0.4 is 10.9 Å². The van der Waals surface area contributed by atoms with Gasteiger partial charge in [0.25, 0.3) is 5.56 Å². The SMILES string of the molecule is CCC(C(=O)Nc1ccc(S(=O)(=O)N(C)C)cc1)n1nnc2sc3c(c2c1=O)CCC(C(C)(C)C)C3. The number of hydrogen-bond donors (Lipinski definition) is 1. The number of amides is 1. The van der Waals surface area contributed by atoms with E-state index in [1.807, 2.05) is 6.92 Å². The number of fused-ring (bicyclic) bond motifs is 3. The van der Waals surface area contributed by atoms with Crippen LogP contribution >= 0.6 is 11.3 Å². The first-order valence-corrected chi connectivity index (χ1v) is 14.3. The van der Waals surface area contributed by atoms with E-state index in [0.717, 1.165) is 29.1 Å². The number of carbonyl (C=O) groups excluding carboxylic acids is 1. The van der Waals surface area contributed by atoms with Gasteiger partial charge in [-0.1, -0.05) is 32.9 Å². The van der Waals surface area contributed by atoms with Crippen LogP contribution in [0.5, 0.6) is 0 Å². The number of benzene rings is 1. The van der Waals surface area contributed by atoms with E-state index in [1.54, 1.807) is 0 Å². The number of hydrogen-bond acceptors (Lipinski definition) is 7. The lowest BCUT2D eigenvalue weighted by molar-refractivity contribution is -0.119. The van der Waals surface area contributed by atoms with Crippen LogP contribution in [0.25, 0.3) is 10.2 Å². The lowest BCUT2D eigenvalue weighted by Gasteiger charge is -2.33. The largest absolute Gasteiger partial charge is 0.324 e. The summed E-state index contributed by atoms with van der Waals surface area (Å²) in [5.41, 5.74) is 1.39. The van der Waals surface area contributed by atoms with Gasteiger partial charge in [0.15, 0.2) is 4.83 Å². The molecule has 194 valence electrons. The zero-order chi connectivity index (χ0) is 26.4. The van der Waals surface area contributed by atoms with E-state index >= 15 is 0 Å². The average Bonchev–Trinajstić information content (AvgIpc) is 3.19. The second-order valence-corrected chi connectivity index (χ2v) is 13.8. The van der Waals surface area contributed by atoms with E-state index in [1.165, 1.54) is 59.3 Å². The molecular weight excluding hydrogens is 498 g/mol. The molecule has 2 atom stereocenters. The van der Waals surface area contributed by atoms with Crippen LogP contribution in [0.15, 0.2) is 34.0 Å². The third-order valence-corrected chi connectivity index (χ3v) is 9.98. The molecule has 0 radical (unpaired) electrons. The molecular formula is C25H33N5O4S2. The Labute approximate surface area is 215 Å².